The van der Waals surface area contributed by atoms with Crippen molar-refractivity contribution in [2.75, 3.05) is 0 Å². The van der Waals surface area contributed by atoms with E-state index in [1.54, 1.807) is 4.90 Å². The molecule has 0 spiro atoms. The van der Waals surface area contributed by atoms with Crippen molar-refractivity contribution in [1.82, 2.24) is 4.90 Å². The molecular weight excluding hydrogens is 338 g/mol. The molecule has 0 radical (unpaired) electrons. The third-order valence-corrected chi connectivity index (χ3v) is 4.33. The highest BCUT2D eigenvalue weighted by atomic mass is 16.6. The van der Waals surface area contributed by atoms with Crippen molar-refractivity contribution < 1.29 is 14.3 Å². The lowest BCUT2D eigenvalue weighted by molar-refractivity contribution is 0.0248. The molecule has 1 atom stereocenters. The highest BCUT2D eigenvalue weighted by Crippen LogP contribution is 2.32. The molecule has 0 bridgehead atoms. The number of benzene rings is 2. The normalized spacial score (nSPS) is 16.9. The Morgan fingerprint density at radius 1 is 1.07 bits per heavy atom. The van der Waals surface area contributed by atoms with Crippen LogP contribution in [0.25, 0.3) is 0 Å². The van der Waals surface area contributed by atoms with Gasteiger partial charge in [-0.15, -0.1) is 0 Å². The lowest BCUT2D eigenvalue weighted by atomic mass is 9.98. The van der Waals surface area contributed by atoms with Gasteiger partial charge in [-0.2, -0.15) is 0 Å². The van der Waals surface area contributed by atoms with Crippen molar-refractivity contribution in [2.24, 2.45) is 0 Å². The number of carbonyl (C=O) groups is 1. The van der Waals surface area contributed by atoms with E-state index in [4.69, 9.17) is 9.47 Å². The summed E-state index contributed by atoms with van der Waals surface area (Å²) in [6.07, 6.45) is 5.35. The summed E-state index contributed by atoms with van der Waals surface area (Å²) >= 11 is 0. The number of allylic oxidation sites excluding steroid dienone is 1. The van der Waals surface area contributed by atoms with E-state index in [0.717, 1.165) is 29.7 Å². The molecule has 0 saturated carbocycles. The molecular formula is C23H27NO3. The number of ether oxygens (including phenoxy) is 2. The van der Waals surface area contributed by atoms with Crippen LogP contribution in [0.3, 0.4) is 0 Å². The van der Waals surface area contributed by atoms with Crippen LogP contribution >= 0.6 is 0 Å². The fourth-order valence-electron chi connectivity index (χ4n) is 3.04. The fourth-order valence-corrected chi connectivity index (χ4v) is 3.04. The molecule has 1 unspecified atom stereocenters. The van der Waals surface area contributed by atoms with Crippen LogP contribution in [0.15, 0.2) is 66.9 Å². The molecule has 0 fully saturated rings. The maximum absolute atomic E-state index is 12.6. The van der Waals surface area contributed by atoms with Gasteiger partial charge in [0.2, 0.25) is 0 Å². The molecule has 1 heterocycles. The molecule has 27 heavy (non-hydrogen) atoms. The first-order valence-corrected chi connectivity index (χ1v) is 9.37. The third kappa shape index (κ3) is 5.36. The van der Waals surface area contributed by atoms with Crippen LogP contribution < -0.4 is 4.74 Å². The molecule has 4 nitrogen and oxygen atoms in total. The first-order chi connectivity index (χ1) is 12.9. The van der Waals surface area contributed by atoms with E-state index < -0.39 is 5.60 Å². The molecule has 0 N–H and O–H groups in total. The number of hydrogen-bond donors (Lipinski definition) is 0. The molecule has 2 aromatic carbocycles. The van der Waals surface area contributed by atoms with Gasteiger partial charge in [-0.3, -0.25) is 4.90 Å². The zero-order valence-corrected chi connectivity index (χ0v) is 16.2. The SMILES string of the molecule is CC(C)(C)OC(=O)N1C=CCCC1c1ccc(OCc2ccccc2)cc1. The molecule has 0 aromatic heterocycles. The Labute approximate surface area is 161 Å². The van der Waals surface area contributed by atoms with Crippen LogP contribution in [-0.4, -0.2) is 16.6 Å². The number of rotatable bonds is 4. The van der Waals surface area contributed by atoms with Crippen LogP contribution in [0.4, 0.5) is 4.79 Å². The summed E-state index contributed by atoms with van der Waals surface area (Å²) in [6.45, 7) is 6.18. The van der Waals surface area contributed by atoms with E-state index >= 15 is 0 Å². The lowest BCUT2D eigenvalue weighted by Crippen LogP contribution is -2.37. The Morgan fingerprint density at radius 3 is 2.44 bits per heavy atom. The second-order valence-corrected chi connectivity index (χ2v) is 7.71. The number of amides is 1. The van der Waals surface area contributed by atoms with Gasteiger partial charge in [0.25, 0.3) is 0 Å². The van der Waals surface area contributed by atoms with Crippen LogP contribution in [-0.2, 0) is 11.3 Å². The molecule has 0 saturated heterocycles. The van der Waals surface area contributed by atoms with E-state index in [1.165, 1.54) is 0 Å². The molecule has 142 valence electrons. The van der Waals surface area contributed by atoms with Gasteiger partial charge >= 0.3 is 6.09 Å². The predicted molar refractivity (Wildman–Crippen MR) is 106 cm³/mol. The average Bonchev–Trinajstić information content (AvgIpc) is 2.66. The van der Waals surface area contributed by atoms with E-state index in [0.29, 0.717) is 6.61 Å². The highest BCUT2D eigenvalue weighted by Gasteiger charge is 2.29. The summed E-state index contributed by atoms with van der Waals surface area (Å²) in [7, 11) is 0. The minimum absolute atomic E-state index is 0.0203. The molecule has 1 amide bonds. The standard InChI is InChI=1S/C23H27NO3/c1-23(2,3)27-22(25)24-16-8-7-11-21(24)19-12-14-20(15-13-19)26-17-18-9-5-4-6-10-18/h4-6,8-10,12-16,21H,7,11,17H2,1-3H3. The van der Waals surface area contributed by atoms with Gasteiger partial charge in [-0.05, 0) is 56.9 Å². The minimum atomic E-state index is -0.512. The quantitative estimate of drug-likeness (QED) is 0.682. The first kappa shape index (κ1) is 19.0. The summed E-state index contributed by atoms with van der Waals surface area (Å²) in [5, 5.41) is 0. The van der Waals surface area contributed by atoms with Crippen LogP contribution in [0.1, 0.15) is 50.8 Å². The van der Waals surface area contributed by atoms with E-state index in [2.05, 4.69) is 0 Å². The molecule has 0 aliphatic carbocycles. The zero-order valence-electron chi connectivity index (χ0n) is 16.2. The maximum Gasteiger partial charge on any atom is 0.414 e. The number of hydrogen-bond acceptors (Lipinski definition) is 3. The van der Waals surface area contributed by atoms with Gasteiger partial charge in [0.1, 0.15) is 18.0 Å². The Hall–Kier alpha value is -2.75. The summed E-state index contributed by atoms with van der Waals surface area (Å²) in [5.74, 6) is 0.817. The zero-order chi connectivity index (χ0) is 19.3. The first-order valence-electron chi connectivity index (χ1n) is 9.37. The van der Waals surface area contributed by atoms with Crippen molar-refractivity contribution in [3.05, 3.63) is 78.0 Å². The van der Waals surface area contributed by atoms with Crippen LogP contribution in [0, 0.1) is 0 Å². The second kappa shape index (κ2) is 8.30. The van der Waals surface area contributed by atoms with Crippen molar-refractivity contribution >= 4 is 6.09 Å². The summed E-state index contributed by atoms with van der Waals surface area (Å²) in [6, 6.07) is 18.0. The van der Waals surface area contributed by atoms with Gasteiger partial charge in [-0.1, -0.05) is 48.5 Å². The van der Waals surface area contributed by atoms with Crippen LogP contribution in [0.5, 0.6) is 5.75 Å². The molecule has 1 aliphatic rings. The van der Waals surface area contributed by atoms with E-state index in [9.17, 15) is 4.79 Å². The van der Waals surface area contributed by atoms with Gasteiger partial charge in [0.05, 0.1) is 6.04 Å². The summed E-state index contributed by atoms with van der Waals surface area (Å²) < 4.78 is 11.4. The minimum Gasteiger partial charge on any atom is -0.489 e. The molecule has 4 heteroatoms. The summed E-state index contributed by atoms with van der Waals surface area (Å²) in [5.41, 5.74) is 1.70. The van der Waals surface area contributed by atoms with Gasteiger partial charge in [-0.25, -0.2) is 4.79 Å². The third-order valence-electron chi connectivity index (χ3n) is 4.33. The van der Waals surface area contributed by atoms with E-state index in [1.807, 2.05) is 87.6 Å². The number of nitrogens with zero attached hydrogens (tertiary/aromatic N) is 1. The van der Waals surface area contributed by atoms with Gasteiger partial charge in [0, 0.05) is 6.20 Å². The summed E-state index contributed by atoms with van der Waals surface area (Å²) in [4.78, 5) is 14.2. The Bertz CT molecular complexity index is 776. The van der Waals surface area contributed by atoms with E-state index in [-0.39, 0.29) is 12.1 Å². The van der Waals surface area contributed by atoms with Crippen LogP contribution in [0.2, 0.25) is 0 Å². The smallest absolute Gasteiger partial charge is 0.414 e. The maximum atomic E-state index is 12.6. The second-order valence-electron chi connectivity index (χ2n) is 7.71. The monoisotopic (exact) mass is 365 g/mol. The Morgan fingerprint density at radius 2 is 1.78 bits per heavy atom. The van der Waals surface area contributed by atoms with Crippen molar-refractivity contribution in [2.45, 2.75) is 51.9 Å². The van der Waals surface area contributed by atoms with Crippen molar-refractivity contribution in [3.8, 4) is 5.75 Å². The fraction of sp³-hybridized carbons (Fsp3) is 0.348. The predicted octanol–water partition coefficient (Wildman–Crippen LogP) is 5.85. The number of carbonyl (C=O) groups excluding carboxylic acids is 1. The van der Waals surface area contributed by atoms with Crippen molar-refractivity contribution in [1.29, 1.82) is 0 Å². The Balaban J connectivity index is 1.67. The van der Waals surface area contributed by atoms with Gasteiger partial charge < -0.3 is 9.47 Å². The molecule has 2 aromatic rings. The van der Waals surface area contributed by atoms with Crippen molar-refractivity contribution in [3.63, 3.8) is 0 Å². The molecule has 3 rings (SSSR count). The Kier molecular flexibility index (Phi) is 5.84. The van der Waals surface area contributed by atoms with Gasteiger partial charge in [0.15, 0.2) is 0 Å². The molecule has 1 aliphatic heterocycles. The highest BCUT2D eigenvalue weighted by molar-refractivity contribution is 5.70. The lowest BCUT2D eigenvalue weighted by Gasteiger charge is -2.33. The largest absolute Gasteiger partial charge is 0.489 e. The topological polar surface area (TPSA) is 38.8 Å². The average molecular weight is 365 g/mol.